The molecule has 0 spiro atoms. The lowest BCUT2D eigenvalue weighted by atomic mass is 9.94. The molecule has 0 aromatic heterocycles. The third-order valence-corrected chi connectivity index (χ3v) is 3.47. The molecule has 0 aliphatic heterocycles. The van der Waals surface area contributed by atoms with Gasteiger partial charge in [0.05, 0.1) is 0 Å². The molecule has 0 aromatic carbocycles. The highest BCUT2D eigenvalue weighted by Crippen LogP contribution is 2.50. The quantitative estimate of drug-likeness (QED) is 0.351. The lowest BCUT2D eigenvalue weighted by Gasteiger charge is -2.33. The molecule has 0 saturated heterocycles. The maximum absolute atomic E-state index is 13.3. The fraction of sp³-hybridized carbons (Fsp3) is 1.00. The van der Waals surface area contributed by atoms with Crippen molar-refractivity contribution in [1.29, 1.82) is 0 Å². The van der Waals surface area contributed by atoms with E-state index in [1.807, 2.05) is 0 Å². The van der Waals surface area contributed by atoms with Crippen LogP contribution in [-0.2, 0) is 0 Å². The van der Waals surface area contributed by atoms with Gasteiger partial charge in [0.2, 0.25) is 6.17 Å². The van der Waals surface area contributed by atoms with Gasteiger partial charge in [0.1, 0.15) is 0 Å². The van der Waals surface area contributed by atoms with Crippen molar-refractivity contribution in [3.63, 3.8) is 0 Å². The van der Waals surface area contributed by atoms with Crippen LogP contribution in [0.15, 0.2) is 0 Å². The summed E-state index contributed by atoms with van der Waals surface area (Å²) in [6.45, 7) is 0. The highest BCUT2D eigenvalue weighted by Gasteiger charge is 2.77. The number of hydrogen-bond donors (Lipinski definition) is 0. The Labute approximate surface area is 150 Å². The molecule has 0 aliphatic rings. The zero-order chi connectivity index (χ0) is 23.7. The van der Waals surface area contributed by atoms with Crippen LogP contribution in [0.3, 0.4) is 0 Å². The number of rotatable bonds is 10. The standard InChI is InChI=1S/C12H9F17/c13-1(3(15)5(17)7(19)9(21)22)2(14)4(16)6(18)8(20)10(23,24)11(25,26)12(27,28)29/h1-9H. The van der Waals surface area contributed by atoms with Crippen LogP contribution in [0.25, 0.3) is 0 Å². The van der Waals surface area contributed by atoms with E-state index < -0.39 is 73.8 Å². The van der Waals surface area contributed by atoms with E-state index >= 15 is 0 Å². The van der Waals surface area contributed by atoms with Crippen molar-refractivity contribution in [2.45, 2.75) is 73.8 Å². The average molecular weight is 476 g/mol. The van der Waals surface area contributed by atoms with Gasteiger partial charge in [0.25, 0.3) is 6.43 Å². The van der Waals surface area contributed by atoms with E-state index in [-0.39, 0.29) is 0 Å². The number of alkyl halides is 17. The van der Waals surface area contributed by atoms with Gasteiger partial charge in [-0.25, -0.2) is 43.9 Å². The van der Waals surface area contributed by atoms with E-state index in [0.717, 1.165) is 0 Å². The van der Waals surface area contributed by atoms with Crippen LogP contribution in [-0.4, -0.2) is 73.8 Å². The minimum atomic E-state index is -7.32. The van der Waals surface area contributed by atoms with Crippen LogP contribution in [0.4, 0.5) is 74.6 Å². The van der Waals surface area contributed by atoms with Crippen molar-refractivity contribution in [3.8, 4) is 0 Å². The van der Waals surface area contributed by atoms with Crippen molar-refractivity contribution >= 4 is 0 Å². The van der Waals surface area contributed by atoms with Crippen LogP contribution in [0.2, 0.25) is 0 Å². The molecule has 17 heteroatoms. The van der Waals surface area contributed by atoms with Gasteiger partial charge < -0.3 is 0 Å². The van der Waals surface area contributed by atoms with E-state index in [1.165, 1.54) is 0 Å². The van der Waals surface area contributed by atoms with Gasteiger partial charge in [0, 0.05) is 0 Å². The van der Waals surface area contributed by atoms with E-state index in [0.29, 0.717) is 0 Å². The van der Waals surface area contributed by atoms with Gasteiger partial charge in [-0.3, -0.25) is 0 Å². The van der Waals surface area contributed by atoms with Gasteiger partial charge >= 0.3 is 18.0 Å². The first kappa shape index (κ1) is 27.8. The van der Waals surface area contributed by atoms with Crippen LogP contribution in [0.1, 0.15) is 0 Å². The van der Waals surface area contributed by atoms with Gasteiger partial charge in [0.15, 0.2) is 43.2 Å². The molecule has 0 amide bonds. The fourth-order valence-corrected chi connectivity index (χ4v) is 1.74. The van der Waals surface area contributed by atoms with Crippen molar-refractivity contribution in [2.75, 3.05) is 0 Å². The van der Waals surface area contributed by atoms with E-state index in [2.05, 4.69) is 0 Å². The molecule has 0 rings (SSSR count). The summed E-state index contributed by atoms with van der Waals surface area (Å²) in [4.78, 5) is 0. The zero-order valence-electron chi connectivity index (χ0n) is 13.1. The summed E-state index contributed by atoms with van der Waals surface area (Å²) in [6, 6.07) is 0. The molecule has 0 fully saturated rings. The normalized spacial score (nSPS) is 22.6. The maximum Gasteiger partial charge on any atom is 0.459 e. The topological polar surface area (TPSA) is 0 Å². The van der Waals surface area contributed by atoms with Crippen molar-refractivity contribution in [2.24, 2.45) is 0 Å². The minimum absolute atomic E-state index is 4.13. The Bertz CT molecular complexity index is 503. The lowest BCUT2D eigenvalue weighted by Crippen LogP contribution is -2.60. The molecule has 0 N–H and O–H groups in total. The highest BCUT2D eigenvalue weighted by atomic mass is 19.4. The largest absolute Gasteiger partial charge is 0.459 e. The summed E-state index contributed by atoms with van der Waals surface area (Å²) in [5.41, 5.74) is 0. The van der Waals surface area contributed by atoms with E-state index in [1.54, 1.807) is 0 Å². The predicted molar refractivity (Wildman–Crippen MR) is 61.1 cm³/mol. The third kappa shape index (κ3) is 5.49. The SMILES string of the molecule is FC(F)C(F)C(F)C(F)C(F)C(F)C(F)C(F)C(F)C(F)(F)C(F)(F)C(F)(F)F. The summed E-state index contributed by atoms with van der Waals surface area (Å²) < 4.78 is 215. The molecular weight excluding hydrogens is 467 g/mol. The molecular formula is C12H9F17. The predicted octanol–water partition coefficient (Wildman–Crippen LogP) is 5.79. The summed E-state index contributed by atoms with van der Waals surface area (Å²) in [5.74, 6) is -14.4. The second-order valence-electron chi connectivity index (χ2n) is 5.54. The molecule has 0 bridgehead atoms. The molecule has 0 aliphatic carbocycles. The van der Waals surface area contributed by atoms with E-state index in [9.17, 15) is 74.6 Å². The number of halogens is 17. The molecule has 0 heterocycles. The van der Waals surface area contributed by atoms with Gasteiger partial charge in [-0.2, -0.15) is 30.7 Å². The molecule has 0 nitrogen and oxygen atoms in total. The molecule has 8 unspecified atom stereocenters. The van der Waals surface area contributed by atoms with E-state index in [4.69, 9.17) is 0 Å². The Morgan fingerprint density at radius 2 is 0.655 bits per heavy atom. The summed E-state index contributed by atoms with van der Waals surface area (Å²) >= 11 is 0. The van der Waals surface area contributed by atoms with Gasteiger partial charge in [-0.05, 0) is 0 Å². The first-order chi connectivity index (χ1) is 12.7. The summed E-state index contributed by atoms with van der Waals surface area (Å²) in [5, 5.41) is 0. The first-order valence-electron chi connectivity index (χ1n) is 6.96. The Morgan fingerprint density at radius 3 is 0.931 bits per heavy atom. The lowest BCUT2D eigenvalue weighted by molar-refractivity contribution is -0.369. The molecule has 8 atom stereocenters. The Kier molecular flexibility index (Phi) is 8.92. The second kappa shape index (κ2) is 9.31. The zero-order valence-corrected chi connectivity index (χ0v) is 13.1. The van der Waals surface area contributed by atoms with Crippen LogP contribution >= 0.6 is 0 Å². The smallest absolute Gasteiger partial charge is 0.241 e. The fourth-order valence-electron chi connectivity index (χ4n) is 1.74. The number of hydrogen-bond acceptors (Lipinski definition) is 0. The Morgan fingerprint density at radius 1 is 0.379 bits per heavy atom. The average Bonchev–Trinajstić information content (AvgIpc) is 2.61. The van der Waals surface area contributed by atoms with Crippen LogP contribution < -0.4 is 0 Å². The van der Waals surface area contributed by atoms with Gasteiger partial charge in [-0.15, -0.1) is 0 Å². The monoisotopic (exact) mass is 476 g/mol. The molecule has 29 heavy (non-hydrogen) atoms. The molecule has 0 aromatic rings. The van der Waals surface area contributed by atoms with Gasteiger partial charge in [-0.1, -0.05) is 0 Å². The van der Waals surface area contributed by atoms with Crippen LogP contribution in [0, 0.1) is 0 Å². The van der Waals surface area contributed by atoms with Crippen molar-refractivity contribution < 1.29 is 74.6 Å². The van der Waals surface area contributed by atoms with Crippen LogP contribution in [0.5, 0.6) is 0 Å². The summed E-state index contributed by atoms with van der Waals surface area (Å²) in [6.07, 6.45) is -48.5. The second-order valence-corrected chi connectivity index (χ2v) is 5.54. The van der Waals surface area contributed by atoms with Crippen molar-refractivity contribution in [3.05, 3.63) is 0 Å². The third-order valence-electron chi connectivity index (χ3n) is 3.47. The molecule has 0 saturated carbocycles. The summed E-state index contributed by atoms with van der Waals surface area (Å²) in [7, 11) is 0. The van der Waals surface area contributed by atoms with Crippen molar-refractivity contribution in [1.82, 2.24) is 0 Å². The molecule has 0 radical (unpaired) electrons. The molecule has 176 valence electrons. The maximum atomic E-state index is 13.3. The Balaban J connectivity index is 5.47. The Hall–Kier alpha value is -1.19. The highest BCUT2D eigenvalue weighted by molar-refractivity contribution is 5.02. The minimum Gasteiger partial charge on any atom is -0.241 e. The first-order valence-corrected chi connectivity index (χ1v) is 6.96.